The molecule has 4 rings (SSSR count). The van der Waals surface area contributed by atoms with Gasteiger partial charge in [-0.05, 0) is 50.1 Å². The molecule has 0 aliphatic carbocycles. The highest BCUT2D eigenvalue weighted by molar-refractivity contribution is 8.00. The summed E-state index contributed by atoms with van der Waals surface area (Å²) in [4.78, 5) is 22.3. The first-order chi connectivity index (χ1) is 14.9. The molecule has 1 N–H and O–H groups in total. The first-order valence-electron chi connectivity index (χ1n) is 9.82. The predicted molar refractivity (Wildman–Crippen MR) is 122 cm³/mol. The van der Waals surface area contributed by atoms with E-state index in [2.05, 4.69) is 20.4 Å². The maximum absolute atomic E-state index is 13.4. The number of hydrogen-bond donors (Lipinski definition) is 1. The van der Waals surface area contributed by atoms with E-state index in [9.17, 15) is 4.79 Å². The van der Waals surface area contributed by atoms with Crippen molar-refractivity contribution in [2.24, 2.45) is 0 Å². The van der Waals surface area contributed by atoms with Crippen molar-refractivity contribution in [3.05, 3.63) is 77.1 Å². The van der Waals surface area contributed by atoms with Crippen LogP contribution in [0.25, 0.3) is 5.78 Å². The maximum Gasteiger partial charge on any atom is 0.253 e. The van der Waals surface area contributed by atoms with Crippen LogP contribution in [0.4, 0.5) is 5.69 Å². The van der Waals surface area contributed by atoms with Crippen LogP contribution in [0.3, 0.4) is 0 Å². The molecule has 0 aliphatic heterocycles. The van der Waals surface area contributed by atoms with Crippen LogP contribution in [-0.4, -0.2) is 32.6 Å². The molecule has 0 spiro atoms. The Morgan fingerprint density at radius 1 is 1.06 bits per heavy atom. The summed E-state index contributed by atoms with van der Waals surface area (Å²) in [5.41, 5.74) is 4.32. The number of carbonyl (C=O) groups is 1. The Balaban J connectivity index is 1.68. The van der Waals surface area contributed by atoms with Gasteiger partial charge in [-0.15, -0.1) is 5.10 Å². The molecule has 4 aromatic rings. The summed E-state index contributed by atoms with van der Waals surface area (Å²) >= 11 is 1.29. The van der Waals surface area contributed by atoms with Crippen LogP contribution in [-0.2, 0) is 4.79 Å². The van der Waals surface area contributed by atoms with E-state index in [4.69, 9.17) is 4.74 Å². The van der Waals surface area contributed by atoms with Crippen molar-refractivity contribution in [2.45, 2.75) is 31.2 Å². The number of nitrogens with one attached hydrogen (secondary N) is 1. The highest BCUT2D eigenvalue weighted by atomic mass is 32.2. The standard InChI is InChI=1S/C23H23N5O2S/c1-14-10-11-19(30-4)18(12-14)25-21(29)20(17-8-6-5-7-9-17)31-23-26-22-24-15(2)13-16(3)28(22)27-23/h5-13,20H,1-4H3,(H,25,29)/t20-/m1/s1. The second kappa shape index (κ2) is 8.77. The zero-order chi connectivity index (χ0) is 22.0. The lowest BCUT2D eigenvalue weighted by molar-refractivity contribution is -0.115. The minimum absolute atomic E-state index is 0.181. The molecule has 0 saturated heterocycles. The SMILES string of the molecule is COc1ccc(C)cc1NC(=O)[C@H](Sc1nc2nc(C)cc(C)n2n1)c1ccccc1. The minimum atomic E-state index is -0.551. The summed E-state index contributed by atoms with van der Waals surface area (Å²) in [6.07, 6.45) is 0. The molecule has 0 aliphatic rings. The molecule has 2 aromatic carbocycles. The molecule has 1 amide bonds. The zero-order valence-corrected chi connectivity index (χ0v) is 18.6. The van der Waals surface area contributed by atoms with Crippen molar-refractivity contribution in [3.63, 3.8) is 0 Å². The number of carbonyl (C=O) groups excluding carboxylic acids is 1. The van der Waals surface area contributed by atoms with Gasteiger partial charge in [-0.3, -0.25) is 4.79 Å². The van der Waals surface area contributed by atoms with Crippen molar-refractivity contribution in [2.75, 3.05) is 12.4 Å². The van der Waals surface area contributed by atoms with Crippen LogP contribution < -0.4 is 10.1 Å². The predicted octanol–water partition coefficient (Wildman–Crippen LogP) is 4.53. The molecule has 0 fully saturated rings. The van der Waals surface area contributed by atoms with Crippen molar-refractivity contribution in [1.82, 2.24) is 19.6 Å². The van der Waals surface area contributed by atoms with Crippen LogP contribution in [0, 0.1) is 20.8 Å². The van der Waals surface area contributed by atoms with Gasteiger partial charge in [0.05, 0.1) is 12.8 Å². The molecular weight excluding hydrogens is 410 g/mol. The van der Waals surface area contributed by atoms with Crippen molar-refractivity contribution < 1.29 is 9.53 Å². The number of thioether (sulfide) groups is 1. The van der Waals surface area contributed by atoms with Gasteiger partial charge in [0.15, 0.2) is 0 Å². The van der Waals surface area contributed by atoms with Crippen molar-refractivity contribution >= 4 is 29.1 Å². The van der Waals surface area contributed by atoms with Crippen LogP contribution in [0.1, 0.15) is 27.8 Å². The number of rotatable bonds is 6. The molecular formula is C23H23N5O2S. The summed E-state index contributed by atoms with van der Waals surface area (Å²) in [5.74, 6) is 0.948. The molecule has 1 atom stereocenters. The summed E-state index contributed by atoms with van der Waals surface area (Å²) in [6, 6.07) is 17.2. The molecule has 2 heterocycles. The Morgan fingerprint density at radius 2 is 1.84 bits per heavy atom. The van der Waals surface area contributed by atoms with Gasteiger partial charge in [0.25, 0.3) is 5.78 Å². The molecule has 8 heteroatoms. The van der Waals surface area contributed by atoms with Crippen LogP contribution in [0.15, 0.2) is 59.8 Å². The summed E-state index contributed by atoms with van der Waals surface area (Å²) in [5, 5.41) is 7.51. The van der Waals surface area contributed by atoms with Gasteiger partial charge < -0.3 is 10.1 Å². The Labute approximate surface area is 184 Å². The molecule has 31 heavy (non-hydrogen) atoms. The van der Waals surface area contributed by atoms with E-state index in [0.29, 0.717) is 22.4 Å². The van der Waals surface area contributed by atoms with E-state index in [1.165, 1.54) is 11.8 Å². The van der Waals surface area contributed by atoms with Crippen LogP contribution >= 0.6 is 11.8 Å². The highest BCUT2D eigenvalue weighted by Gasteiger charge is 2.25. The number of anilines is 1. The second-order valence-electron chi connectivity index (χ2n) is 7.25. The molecule has 0 unspecified atom stereocenters. The molecule has 0 radical (unpaired) electrons. The topological polar surface area (TPSA) is 81.4 Å². The molecule has 158 valence electrons. The number of aromatic nitrogens is 4. The van der Waals surface area contributed by atoms with E-state index in [-0.39, 0.29) is 5.91 Å². The molecule has 2 aromatic heterocycles. The van der Waals surface area contributed by atoms with E-state index in [1.807, 2.05) is 75.4 Å². The molecule has 7 nitrogen and oxygen atoms in total. The number of hydrogen-bond acceptors (Lipinski definition) is 6. The normalized spacial score (nSPS) is 12.0. The van der Waals surface area contributed by atoms with Gasteiger partial charge in [-0.2, -0.15) is 4.98 Å². The summed E-state index contributed by atoms with van der Waals surface area (Å²) in [6.45, 7) is 5.84. The average Bonchev–Trinajstić information content (AvgIpc) is 3.15. The lowest BCUT2D eigenvalue weighted by Crippen LogP contribution is -2.19. The van der Waals surface area contributed by atoms with Gasteiger partial charge in [-0.1, -0.05) is 48.2 Å². The fourth-order valence-corrected chi connectivity index (χ4v) is 4.25. The van der Waals surface area contributed by atoms with Crippen molar-refractivity contribution in [1.29, 1.82) is 0 Å². The van der Waals surface area contributed by atoms with Gasteiger partial charge in [0.2, 0.25) is 11.1 Å². The average molecular weight is 434 g/mol. The van der Waals surface area contributed by atoms with E-state index in [1.54, 1.807) is 11.6 Å². The number of methoxy groups -OCH3 is 1. The highest BCUT2D eigenvalue weighted by Crippen LogP contribution is 2.36. The third-order valence-corrected chi connectivity index (χ3v) is 5.88. The van der Waals surface area contributed by atoms with Gasteiger partial charge in [0.1, 0.15) is 11.0 Å². The first kappa shape index (κ1) is 20.9. The van der Waals surface area contributed by atoms with Gasteiger partial charge >= 0.3 is 0 Å². The Bertz CT molecular complexity index is 1240. The lowest BCUT2D eigenvalue weighted by Gasteiger charge is -2.17. The Kier molecular flexibility index (Phi) is 5.90. The number of ether oxygens (including phenoxy) is 1. The van der Waals surface area contributed by atoms with Crippen molar-refractivity contribution in [3.8, 4) is 5.75 Å². The smallest absolute Gasteiger partial charge is 0.253 e. The number of aryl methyl sites for hydroxylation is 3. The number of amides is 1. The minimum Gasteiger partial charge on any atom is -0.495 e. The van der Waals surface area contributed by atoms with Gasteiger partial charge in [0, 0.05) is 11.4 Å². The van der Waals surface area contributed by atoms with Crippen LogP contribution in [0.5, 0.6) is 5.75 Å². The monoisotopic (exact) mass is 433 g/mol. The molecule has 0 saturated carbocycles. The van der Waals surface area contributed by atoms with E-state index < -0.39 is 5.25 Å². The fourth-order valence-electron chi connectivity index (χ4n) is 3.32. The Hall–Kier alpha value is -3.39. The number of benzene rings is 2. The second-order valence-corrected chi connectivity index (χ2v) is 8.32. The first-order valence-corrected chi connectivity index (χ1v) is 10.7. The van der Waals surface area contributed by atoms with E-state index in [0.717, 1.165) is 22.5 Å². The quantitative estimate of drug-likeness (QED) is 0.450. The zero-order valence-electron chi connectivity index (χ0n) is 17.8. The third kappa shape index (κ3) is 4.54. The lowest BCUT2D eigenvalue weighted by atomic mass is 10.1. The summed E-state index contributed by atoms with van der Waals surface area (Å²) in [7, 11) is 1.58. The Morgan fingerprint density at radius 3 is 2.58 bits per heavy atom. The fraction of sp³-hybridized carbons (Fsp3) is 0.217. The van der Waals surface area contributed by atoms with E-state index >= 15 is 0 Å². The summed E-state index contributed by atoms with van der Waals surface area (Å²) < 4.78 is 7.10. The number of nitrogens with zero attached hydrogens (tertiary/aromatic N) is 4. The third-order valence-electron chi connectivity index (χ3n) is 4.78. The van der Waals surface area contributed by atoms with Gasteiger partial charge in [-0.25, -0.2) is 9.50 Å². The van der Waals surface area contributed by atoms with Crippen LogP contribution in [0.2, 0.25) is 0 Å². The maximum atomic E-state index is 13.4. The number of fused-ring (bicyclic) bond motifs is 1. The largest absolute Gasteiger partial charge is 0.495 e. The molecule has 0 bridgehead atoms.